The molecule has 47 valence electrons. The van der Waals surface area contributed by atoms with Crippen molar-refractivity contribution in [3.8, 4) is 0 Å². The van der Waals surface area contributed by atoms with E-state index in [9.17, 15) is 4.79 Å². The van der Waals surface area contributed by atoms with Gasteiger partial charge in [0.1, 0.15) is 0 Å². The summed E-state index contributed by atoms with van der Waals surface area (Å²) in [5.74, 6) is 0.757. The Morgan fingerprint density at radius 3 is 2.88 bits per heavy atom. The highest BCUT2D eigenvalue weighted by Crippen LogP contribution is 1.84. The Kier molecular flexibility index (Phi) is 4.85. The predicted octanol–water partition coefficient (Wildman–Crippen LogP) is 0.604. The summed E-state index contributed by atoms with van der Waals surface area (Å²) in [7, 11) is 0. The number of rotatable bonds is 3. The normalized spacial score (nSPS) is 8.75. The van der Waals surface area contributed by atoms with Gasteiger partial charge in [-0.1, -0.05) is 0 Å². The number of hydrogen-bond donors (Lipinski definition) is 2. The zero-order chi connectivity index (χ0) is 6.41. The number of carbonyl (C=O) groups is 1. The van der Waals surface area contributed by atoms with Crippen LogP contribution in [0.4, 0.5) is 0 Å². The molecule has 0 aliphatic rings. The van der Waals surface area contributed by atoms with Crippen LogP contribution in [0, 0.1) is 6.54 Å². The Hall–Kier alpha value is -0.180. The summed E-state index contributed by atoms with van der Waals surface area (Å²) < 4.78 is 0. The zero-order valence-electron chi connectivity index (χ0n) is 4.85. The maximum Gasteiger partial charge on any atom is 0.217 e. The zero-order valence-corrected chi connectivity index (χ0v) is 5.74. The van der Waals surface area contributed by atoms with Crippen LogP contribution in [0.15, 0.2) is 0 Å². The van der Waals surface area contributed by atoms with E-state index in [0.717, 1.165) is 12.2 Å². The number of amides is 1. The second-order valence-electron chi connectivity index (χ2n) is 1.42. The van der Waals surface area contributed by atoms with Gasteiger partial charge in [0, 0.05) is 13.5 Å². The largest absolute Gasteiger partial charge is 0.352 e. The van der Waals surface area contributed by atoms with Crippen molar-refractivity contribution < 1.29 is 4.79 Å². The van der Waals surface area contributed by atoms with Crippen molar-refractivity contribution in [3.63, 3.8) is 0 Å². The Morgan fingerprint density at radius 2 is 2.50 bits per heavy atom. The van der Waals surface area contributed by atoms with Gasteiger partial charge in [-0.25, -0.2) is 0 Å². The first-order chi connectivity index (χ1) is 3.77. The molecule has 0 rings (SSSR count). The van der Waals surface area contributed by atoms with Gasteiger partial charge in [-0.15, -0.1) is 0 Å². The Bertz CT molecular complexity index is 74.8. The molecule has 1 N–H and O–H groups in total. The van der Waals surface area contributed by atoms with Crippen LogP contribution in [-0.4, -0.2) is 11.7 Å². The summed E-state index contributed by atoms with van der Waals surface area (Å²) in [5.41, 5.74) is 0. The number of hydrogen-bond acceptors (Lipinski definition) is 2. The van der Waals surface area contributed by atoms with Gasteiger partial charge in [-0.3, -0.25) is 4.79 Å². The number of thiol groups is 1. The molecule has 8 heavy (non-hydrogen) atoms. The van der Waals surface area contributed by atoms with Gasteiger partial charge in [-0.2, -0.15) is 12.6 Å². The quantitative estimate of drug-likeness (QED) is 0.427. The third-order valence-corrected chi connectivity index (χ3v) is 0.837. The van der Waals surface area contributed by atoms with Crippen molar-refractivity contribution in [1.29, 1.82) is 0 Å². The Balaban J connectivity index is 2.82. The molecule has 0 aromatic heterocycles. The minimum Gasteiger partial charge on any atom is -0.352 e. The molecule has 0 spiro atoms. The first-order valence-corrected chi connectivity index (χ1v) is 3.10. The minimum atomic E-state index is -0.0215. The summed E-state index contributed by atoms with van der Waals surface area (Å²) in [4.78, 5) is 10.2. The molecule has 0 aliphatic heterocycles. The van der Waals surface area contributed by atoms with Crippen molar-refractivity contribution in [1.82, 2.24) is 5.32 Å². The van der Waals surface area contributed by atoms with E-state index in [1.165, 1.54) is 6.92 Å². The van der Waals surface area contributed by atoms with Gasteiger partial charge in [0.05, 0.1) is 0 Å². The van der Waals surface area contributed by atoms with E-state index >= 15 is 0 Å². The molecule has 0 fully saturated rings. The van der Waals surface area contributed by atoms with Crippen LogP contribution in [0.2, 0.25) is 0 Å². The summed E-state index contributed by atoms with van der Waals surface area (Å²) in [5, 5.41) is 2.53. The average molecular weight is 132 g/mol. The van der Waals surface area contributed by atoms with Crippen LogP contribution in [0.25, 0.3) is 0 Å². The van der Waals surface area contributed by atoms with E-state index in [1.54, 1.807) is 6.54 Å². The Labute approximate surface area is 55.1 Å². The van der Waals surface area contributed by atoms with E-state index in [4.69, 9.17) is 0 Å². The first-order valence-electron chi connectivity index (χ1n) is 2.47. The lowest BCUT2D eigenvalue weighted by Gasteiger charge is -1.95. The molecule has 1 radical (unpaired) electrons. The monoisotopic (exact) mass is 132 g/mol. The van der Waals surface area contributed by atoms with E-state index in [2.05, 4.69) is 17.9 Å². The summed E-state index contributed by atoms with van der Waals surface area (Å²) in [6.07, 6.45) is 0.822. The highest BCUT2D eigenvalue weighted by Gasteiger charge is 1.86. The van der Waals surface area contributed by atoms with Gasteiger partial charge in [0.25, 0.3) is 0 Å². The molecular weight excluding hydrogens is 122 g/mol. The van der Waals surface area contributed by atoms with Crippen LogP contribution < -0.4 is 5.32 Å². The second-order valence-corrected chi connectivity index (χ2v) is 1.86. The fraction of sp³-hybridized carbons (Fsp3) is 0.600. The van der Waals surface area contributed by atoms with E-state index in [1.807, 2.05) is 0 Å². The summed E-state index contributed by atoms with van der Waals surface area (Å²) in [6.45, 7) is 3.18. The van der Waals surface area contributed by atoms with Gasteiger partial charge < -0.3 is 5.32 Å². The lowest BCUT2D eigenvalue weighted by atomic mass is 10.5. The van der Waals surface area contributed by atoms with E-state index < -0.39 is 0 Å². The van der Waals surface area contributed by atoms with Gasteiger partial charge in [0.15, 0.2) is 0 Å². The predicted molar refractivity (Wildman–Crippen MR) is 36.6 cm³/mol. The van der Waals surface area contributed by atoms with Crippen molar-refractivity contribution in [2.24, 2.45) is 0 Å². The maximum absolute atomic E-state index is 10.2. The smallest absolute Gasteiger partial charge is 0.217 e. The standard InChI is InChI=1S/C5H10NOS/c1-5(7)6-3-2-4-8/h3,8H,2,4H2,1H3,(H,6,7). The molecule has 0 atom stereocenters. The molecule has 0 aromatic carbocycles. The summed E-state index contributed by atoms with van der Waals surface area (Å²) >= 11 is 3.94. The van der Waals surface area contributed by atoms with E-state index in [-0.39, 0.29) is 5.91 Å². The van der Waals surface area contributed by atoms with Crippen LogP contribution >= 0.6 is 12.6 Å². The molecule has 0 heterocycles. The van der Waals surface area contributed by atoms with Gasteiger partial charge in [0.2, 0.25) is 5.91 Å². The molecule has 1 amide bonds. The molecule has 2 nitrogen and oxygen atoms in total. The SMILES string of the molecule is CC(=O)N[CH]CCS. The topological polar surface area (TPSA) is 29.1 Å². The molecule has 0 bridgehead atoms. The number of nitrogens with one attached hydrogen (secondary N) is 1. The van der Waals surface area contributed by atoms with E-state index in [0.29, 0.717) is 0 Å². The lowest BCUT2D eigenvalue weighted by molar-refractivity contribution is -0.118. The second kappa shape index (κ2) is 4.97. The number of carbonyl (C=O) groups excluding carboxylic acids is 1. The van der Waals surface area contributed by atoms with Crippen LogP contribution in [0.1, 0.15) is 13.3 Å². The Morgan fingerprint density at radius 1 is 1.88 bits per heavy atom. The molecule has 0 aliphatic carbocycles. The summed E-state index contributed by atoms with van der Waals surface area (Å²) in [6, 6.07) is 0. The maximum atomic E-state index is 10.2. The van der Waals surface area contributed by atoms with Crippen molar-refractivity contribution >= 4 is 18.5 Å². The highest BCUT2D eigenvalue weighted by atomic mass is 32.1. The van der Waals surface area contributed by atoms with Crippen LogP contribution in [0.3, 0.4) is 0 Å². The van der Waals surface area contributed by atoms with Crippen LogP contribution in [0.5, 0.6) is 0 Å². The fourth-order valence-corrected chi connectivity index (χ4v) is 0.410. The molecule has 0 aromatic rings. The van der Waals surface area contributed by atoms with Gasteiger partial charge >= 0.3 is 0 Å². The van der Waals surface area contributed by atoms with Gasteiger partial charge in [-0.05, 0) is 12.2 Å². The molecule has 0 unspecified atom stereocenters. The minimum absolute atomic E-state index is 0.0215. The molecule has 0 saturated carbocycles. The lowest BCUT2D eigenvalue weighted by Crippen LogP contribution is -2.16. The average Bonchev–Trinajstić information content (AvgIpc) is 1.66. The molecular formula is C5H10NOS. The van der Waals surface area contributed by atoms with Crippen molar-refractivity contribution in [2.45, 2.75) is 13.3 Å². The molecule has 3 heteroatoms. The van der Waals surface area contributed by atoms with Crippen molar-refractivity contribution in [2.75, 3.05) is 5.75 Å². The first kappa shape index (κ1) is 7.82. The van der Waals surface area contributed by atoms with Crippen molar-refractivity contribution in [3.05, 3.63) is 6.54 Å². The molecule has 0 saturated heterocycles. The fourth-order valence-electron chi connectivity index (χ4n) is 0.280. The highest BCUT2D eigenvalue weighted by molar-refractivity contribution is 7.80. The third-order valence-electron chi connectivity index (χ3n) is 0.579. The third kappa shape index (κ3) is 5.82. The van der Waals surface area contributed by atoms with Crippen LogP contribution in [-0.2, 0) is 4.79 Å².